The number of carbonyl (C=O) groups is 1. The molecule has 0 aliphatic rings. The summed E-state index contributed by atoms with van der Waals surface area (Å²) in [6, 6.07) is 5.42. The molecule has 0 bridgehead atoms. The average Bonchev–Trinajstić information content (AvgIpc) is 2.46. The smallest absolute Gasteiger partial charge is 0.326 e. The van der Waals surface area contributed by atoms with Crippen molar-refractivity contribution in [3.05, 3.63) is 53.2 Å². The molecule has 22 heavy (non-hydrogen) atoms. The number of carboxylic acid groups (broad SMARTS) is 1. The molecule has 2 aromatic rings. The van der Waals surface area contributed by atoms with Gasteiger partial charge in [0.25, 0.3) is 5.56 Å². The van der Waals surface area contributed by atoms with E-state index in [0.29, 0.717) is 17.9 Å². The molecule has 1 N–H and O–H groups in total. The molecule has 0 fully saturated rings. The molecule has 0 radical (unpaired) electrons. The van der Waals surface area contributed by atoms with E-state index >= 15 is 0 Å². The van der Waals surface area contributed by atoms with Crippen molar-refractivity contribution in [2.45, 2.75) is 26.3 Å². The van der Waals surface area contributed by atoms with Gasteiger partial charge in [0, 0.05) is 18.5 Å². The molecular weight excluding hydrogens is 284 g/mol. The summed E-state index contributed by atoms with van der Waals surface area (Å²) in [6.45, 7) is 3.84. The zero-order chi connectivity index (χ0) is 16.1. The SMILES string of the molecule is CC(C)CC(C(=O)O)n1ccc(Oc2cccnc2)cc1=O. The van der Waals surface area contributed by atoms with E-state index in [2.05, 4.69) is 4.98 Å². The Kier molecular flexibility index (Phi) is 4.93. The molecule has 0 aliphatic heterocycles. The zero-order valence-corrected chi connectivity index (χ0v) is 12.5. The van der Waals surface area contributed by atoms with Crippen LogP contribution in [-0.2, 0) is 4.79 Å². The summed E-state index contributed by atoms with van der Waals surface area (Å²) in [6.07, 6.45) is 4.99. The number of ether oxygens (including phenoxy) is 1. The summed E-state index contributed by atoms with van der Waals surface area (Å²) in [4.78, 5) is 27.4. The second kappa shape index (κ2) is 6.89. The van der Waals surface area contributed by atoms with Crippen LogP contribution in [0.15, 0.2) is 47.7 Å². The molecule has 2 rings (SSSR count). The van der Waals surface area contributed by atoms with Crippen molar-refractivity contribution in [3.63, 3.8) is 0 Å². The second-order valence-electron chi connectivity index (χ2n) is 5.38. The quantitative estimate of drug-likeness (QED) is 0.887. The third kappa shape index (κ3) is 3.94. The summed E-state index contributed by atoms with van der Waals surface area (Å²) in [5.41, 5.74) is -0.408. The third-order valence-corrected chi connectivity index (χ3v) is 3.11. The van der Waals surface area contributed by atoms with E-state index in [1.165, 1.54) is 23.0 Å². The topological polar surface area (TPSA) is 81.4 Å². The molecule has 6 nitrogen and oxygen atoms in total. The monoisotopic (exact) mass is 302 g/mol. The highest BCUT2D eigenvalue weighted by Gasteiger charge is 2.21. The number of hydrogen-bond donors (Lipinski definition) is 1. The highest BCUT2D eigenvalue weighted by atomic mass is 16.5. The van der Waals surface area contributed by atoms with Crippen LogP contribution in [0, 0.1) is 5.92 Å². The predicted molar refractivity (Wildman–Crippen MR) is 81.1 cm³/mol. The van der Waals surface area contributed by atoms with E-state index in [0.717, 1.165) is 0 Å². The maximum Gasteiger partial charge on any atom is 0.326 e. The molecule has 0 aromatic carbocycles. The Labute approximate surface area is 128 Å². The number of hydrogen-bond acceptors (Lipinski definition) is 4. The van der Waals surface area contributed by atoms with Crippen molar-refractivity contribution in [1.82, 2.24) is 9.55 Å². The minimum atomic E-state index is -1.02. The fraction of sp³-hybridized carbons (Fsp3) is 0.312. The third-order valence-electron chi connectivity index (χ3n) is 3.11. The number of rotatable bonds is 6. The Morgan fingerprint density at radius 2 is 2.14 bits per heavy atom. The van der Waals surface area contributed by atoms with Crippen molar-refractivity contribution in [2.75, 3.05) is 0 Å². The van der Waals surface area contributed by atoms with E-state index in [1.807, 2.05) is 13.8 Å². The molecule has 2 aromatic heterocycles. The molecule has 2 heterocycles. The first-order chi connectivity index (χ1) is 10.5. The van der Waals surface area contributed by atoms with E-state index in [1.54, 1.807) is 24.4 Å². The largest absolute Gasteiger partial charge is 0.480 e. The van der Waals surface area contributed by atoms with E-state index in [9.17, 15) is 14.7 Å². The van der Waals surface area contributed by atoms with Crippen molar-refractivity contribution in [2.24, 2.45) is 5.92 Å². The van der Waals surface area contributed by atoms with Gasteiger partial charge in [-0.05, 0) is 30.5 Å². The first-order valence-corrected chi connectivity index (χ1v) is 7.00. The number of aromatic nitrogens is 2. The van der Waals surface area contributed by atoms with Crippen LogP contribution in [0.5, 0.6) is 11.5 Å². The van der Waals surface area contributed by atoms with Gasteiger partial charge in [-0.2, -0.15) is 0 Å². The van der Waals surface area contributed by atoms with Crippen molar-refractivity contribution in [3.8, 4) is 11.5 Å². The van der Waals surface area contributed by atoms with Gasteiger partial charge in [-0.15, -0.1) is 0 Å². The zero-order valence-electron chi connectivity index (χ0n) is 12.5. The Hall–Kier alpha value is -2.63. The average molecular weight is 302 g/mol. The minimum Gasteiger partial charge on any atom is -0.480 e. The molecule has 0 saturated heterocycles. The molecule has 6 heteroatoms. The highest BCUT2D eigenvalue weighted by molar-refractivity contribution is 5.71. The lowest BCUT2D eigenvalue weighted by Gasteiger charge is -2.17. The van der Waals surface area contributed by atoms with Crippen molar-refractivity contribution < 1.29 is 14.6 Å². The highest BCUT2D eigenvalue weighted by Crippen LogP contribution is 2.20. The van der Waals surface area contributed by atoms with Gasteiger partial charge in [-0.3, -0.25) is 9.78 Å². The maximum absolute atomic E-state index is 12.2. The lowest BCUT2D eigenvalue weighted by atomic mass is 10.0. The molecule has 116 valence electrons. The summed E-state index contributed by atoms with van der Waals surface area (Å²) >= 11 is 0. The van der Waals surface area contributed by atoms with Crippen LogP contribution < -0.4 is 10.3 Å². The lowest BCUT2D eigenvalue weighted by molar-refractivity contribution is -0.141. The van der Waals surface area contributed by atoms with Crippen LogP contribution in [0.1, 0.15) is 26.3 Å². The van der Waals surface area contributed by atoms with E-state index < -0.39 is 17.6 Å². The number of carboxylic acids is 1. The second-order valence-corrected chi connectivity index (χ2v) is 5.38. The van der Waals surface area contributed by atoms with Crippen LogP contribution >= 0.6 is 0 Å². The Bertz CT molecular complexity index is 695. The summed E-state index contributed by atoms with van der Waals surface area (Å²) in [5, 5.41) is 9.31. The molecule has 0 aliphatic carbocycles. The van der Waals surface area contributed by atoms with Crippen LogP contribution in [0.3, 0.4) is 0 Å². The van der Waals surface area contributed by atoms with Crippen LogP contribution in [-0.4, -0.2) is 20.6 Å². The molecule has 0 saturated carbocycles. The Morgan fingerprint density at radius 3 is 2.68 bits per heavy atom. The van der Waals surface area contributed by atoms with Gasteiger partial charge in [-0.25, -0.2) is 4.79 Å². The molecular formula is C16H18N2O4. The normalized spacial score (nSPS) is 12.1. The molecule has 0 spiro atoms. The summed E-state index contributed by atoms with van der Waals surface area (Å²) in [5.74, 6) is 0.00981. The predicted octanol–water partition coefficient (Wildman–Crippen LogP) is 2.71. The summed E-state index contributed by atoms with van der Waals surface area (Å²) < 4.78 is 6.73. The van der Waals surface area contributed by atoms with Gasteiger partial charge in [0.05, 0.1) is 6.20 Å². The van der Waals surface area contributed by atoms with Crippen molar-refractivity contribution >= 4 is 5.97 Å². The van der Waals surface area contributed by atoms with Gasteiger partial charge >= 0.3 is 5.97 Å². The number of nitrogens with zero attached hydrogens (tertiary/aromatic N) is 2. The number of pyridine rings is 2. The van der Waals surface area contributed by atoms with Crippen molar-refractivity contribution in [1.29, 1.82) is 0 Å². The Morgan fingerprint density at radius 1 is 1.36 bits per heavy atom. The van der Waals surface area contributed by atoms with Gasteiger partial charge < -0.3 is 14.4 Å². The standard InChI is InChI=1S/C16H18N2O4/c1-11(2)8-14(16(20)21)18-7-5-12(9-15(18)19)22-13-4-3-6-17-10-13/h3-7,9-11,14H,8H2,1-2H3,(H,20,21). The first-order valence-electron chi connectivity index (χ1n) is 7.00. The fourth-order valence-electron chi connectivity index (χ4n) is 2.12. The first kappa shape index (κ1) is 15.8. The van der Waals surface area contributed by atoms with Crippen LogP contribution in [0.2, 0.25) is 0 Å². The minimum absolute atomic E-state index is 0.166. The number of aliphatic carboxylic acids is 1. The van der Waals surface area contributed by atoms with Crippen LogP contribution in [0.25, 0.3) is 0 Å². The fourth-order valence-corrected chi connectivity index (χ4v) is 2.12. The molecule has 1 atom stereocenters. The van der Waals surface area contributed by atoms with Crippen LogP contribution in [0.4, 0.5) is 0 Å². The maximum atomic E-state index is 12.2. The molecule has 1 unspecified atom stereocenters. The van der Waals surface area contributed by atoms with E-state index in [-0.39, 0.29) is 5.92 Å². The Balaban J connectivity index is 2.25. The van der Waals surface area contributed by atoms with Gasteiger partial charge in [-0.1, -0.05) is 13.8 Å². The van der Waals surface area contributed by atoms with Gasteiger partial charge in [0.2, 0.25) is 0 Å². The van der Waals surface area contributed by atoms with Gasteiger partial charge in [0.15, 0.2) is 0 Å². The van der Waals surface area contributed by atoms with Gasteiger partial charge in [0.1, 0.15) is 17.5 Å². The lowest BCUT2D eigenvalue weighted by Crippen LogP contribution is -2.30. The summed E-state index contributed by atoms with van der Waals surface area (Å²) in [7, 11) is 0. The van der Waals surface area contributed by atoms with E-state index in [4.69, 9.17) is 4.74 Å². The molecule has 0 amide bonds.